The number of carbonyl (C=O) groups is 5. The molecule has 4 rings (SSSR count). The van der Waals surface area contributed by atoms with Gasteiger partial charge < -0.3 is 37.9 Å². The van der Waals surface area contributed by atoms with E-state index in [1.54, 1.807) is 26.0 Å². The highest BCUT2D eigenvalue weighted by atomic mass is 32.2. The summed E-state index contributed by atoms with van der Waals surface area (Å²) in [5, 5.41) is 0. The lowest BCUT2D eigenvalue weighted by Crippen LogP contribution is -2.63. The van der Waals surface area contributed by atoms with Gasteiger partial charge in [-0.25, -0.2) is 4.79 Å². The second kappa shape index (κ2) is 15.7. The third kappa shape index (κ3) is 8.95. The van der Waals surface area contributed by atoms with Gasteiger partial charge in [-0.1, -0.05) is 24.6 Å². The van der Waals surface area contributed by atoms with Crippen LogP contribution in [0.1, 0.15) is 46.6 Å². The van der Waals surface area contributed by atoms with Gasteiger partial charge in [0.05, 0.1) is 30.4 Å². The van der Waals surface area contributed by atoms with Crippen LogP contribution in [-0.4, -0.2) is 95.1 Å². The van der Waals surface area contributed by atoms with Crippen molar-refractivity contribution in [2.75, 3.05) is 13.7 Å². The van der Waals surface area contributed by atoms with Crippen molar-refractivity contribution >= 4 is 40.0 Å². The first kappa shape index (κ1) is 37.8. The molecule has 1 aromatic rings. The smallest absolute Gasteiger partial charge is 0.337 e. The van der Waals surface area contributed by atoms with Crippen LogP contribution in [0.3, 0.4) is 0 Å². The van der Waals surface area contributed by atoms with E-state index in [4.69, 9.17) is 42.1 Å². The topological polar surface area (TPSA) is 203 Å². The lowest BCUT2D eigenvalue weighted by Gasteiger charge is -2.46. The number of hydrogen-bond donors (Lipinski definition) is 0. The summed E-state index contributed by atoms with van der Waals surface area (Å²) in [7, 11) is -3.16. The summed E-state index contributed by atoms with van der Waals surface area (Å²) in [5.74, 6) is -5.43. The van der Waals surface area contributed by atoms with Gasteiger partial charge in [0.2, 0.25) is 12.6 Å². The van der Waals surface area contributed by atoms with Gasteiger partial charge in [-0.3, -0.25) is 23.4 Å². The van der Waals surface area contributed by atoms with E-state index in [0.717, 1.165) is 32.6 Å². The third-order valence-electron chi connectivity index (χ3n) is 8.39. The molecule has 0 spiro atoms. The molecule has 0 bridgehead atoms. The van der Waals surface area contributed by atoms with Crippen molar-refractivity contribution in [3.05, 3.63) is 41.7 Å². The van der Waals surface area contributed by atoms with Crippen LogP contribution in [0.5, 0.6) is 0 Å². The summed E-state index contributed by atoms with van der Waals surface area (Å²) >= 11 is 0. The molecule has 3 aliphatic rings. The Kier molecular flexibility index (Phi) is 12.1. The standard InChI is InChI=1S/C32H40O16S/c1-15-8-10-21(11-9-15)49(38,39)42-14-25-27(44-18(4)34)28(45-19(5)35)29(46-20(6)36)32(47-25)48-31-26-16(2)24(43-17(3)33)12-22(26)23(13-41-31)30(37)40-7/h8-11,13,16,22,24-29,31-32H,12,14H2,1-7H3/t16-,22+,24-,25+,26+,27+,28-,29+,31-,32-/m0/s1. The third-order valence-corrected chi connectivity index (χ3v) is 9.68. The molecule has 16 nitrogen and oxygen atoms in total. The fourth-order valence-corrected chi connectivity index (χ4v) is 7.21. The molecule has 10 atom stereocenters. The average molecular weight is 713 g/mol. The monoisotopic (exact) mass is 712 g/mol. The van der Waals surface area contributed by atoms with Crippen molar-refractivity contribution in [1.29, 1.82) is 0 Å². The Morgan fingerprint density at radius 3 is 1.96 bits per heavy atom. The summed E-state index contributed by atoms with van der Waals surface area (Å²) in [6.45, 7) is 7.26. The minimum atomic E-state index is -4.37. The van der Waals surface area contributed by atoms with Crippen LogP contribution >= 0.6 is 0 Å². The van der Waals surface area contributed by atoms with E-state index in [9.17, 15) is 32.4 Å². The van der Waals surface area contributed by atoms with Gasteiger partial charge in [0.1, 0.15) is 12.2 Å². The first-order chi connectivity index (χ1) is 23.0. The number of rotatable bonds is 11. The number of esters is 5. The van der Waals surface area contributed by atoms with Gasteiger partial charge in [-0.2, -0.15) is 8.42 Å². The van der Waals surface area contributed by atoms with Crippen molar-refractivity contribution < 1.29 is 74.5 Å². The molecule has 49 heavy (non-hydrogen) atoms. The van der Waals surface area contributed by atoms with Gasteiger partial charge in [0.25, 0.3) is 10.1 Å². The van der Waals surface area contributed by atoms with E-state index in [0.29, 0.717) is 0 Å². The molecule has 0 radical (unpaired) electrons. The maximum Gasteiger partial charge on any atom is 0.337 e. The zero-order chi connectivity index (χ0) is 36.2. The zero-order valence-corrected chi connectivity index (χ0v) is 28.8. The largest absolute Gasteiger partial charge is 0.472 e. The molecule has 2 fully saturated rings. The highest BCUT2D eigenvalue weighted by molar-refractivity contribution is 7.86. The van der Waals surface area contributed by atoms with Gasteiger partial charge in [0.15, 0.2) is 18.3 Å². The van der Waals surface area contributed by atoms with E-state index >= 15 is 0 Å². The molecule has 0 N–H and O–H groups in total. The van der Waals surface area contributed by atoms with Crippen LogP contribution in [0.25, 0.3) is 0 Å². The molecule has 17 heteroatoms. The molecule has 1 aliphatic carbocycles. The molecule has 2 aliphatic heterocycles. The number of fused-ring (bicyclic) bond motifs is 1. The van der Waals surface area contributed by atoms with Crippen LogP contribution in [0.2, 0.25) is 0 Å². The molecular formula is C32H40O16S. The molecule has 1 saturated heterocycles. The quantitative estimate of drug-likeness (QED) is 0.183. The van der Waals surface area contributed by atoms with Crippen molar-refractivity contribution in [2.45, 2.75) is 96.0 Å². The minimum absolute atomic E-state index is 0.160. The Hall–Kier alpha value is -4.06. The first-order valence-electron chi connectivity index (χ1n) is 15.4. The Morgan fingerprint density at radius 2 is 1.39 bits per heavy atom. The molecular weight excluding hydrogens is 672 g/mol. The van der Waals surface area contributed by atoms with Crippen LogP contribution in [0.15, 0.2) is 41.0 Å². The van der Waals surface area contributed by atoms with Gasteiger partial charge in [-0.05, 0) is 25.5 Å². The molecule has 1 saturated carbocycles. The van der Waals surface area contributed by atoms with Crippen molar-refractivity contribution in [1.82, 2.24) is 0 Å². The molecule has 1 aromatic carbocycles. The van der Waals surface area contributed by atoms with E-state index in [2.05, 4.69) is 0 Å². The van der Waals surface area contributed by atoms with Crippen molar-refractivity contribution in [3.8, 4) is 0 Å². The Bertz CT molecular complexity index is 1550. The second-order valence-electron chi connectivity index (χ2n) is 11.9. The lowest BCUT2D eigenvalue weighted by atomic mass is 9.83. The maximum absolute atomic E-state index is 13.1. The van der Waals surface area contributed by atoms with Gasteiger partial charge >= 0.3 is 29.8 Å². The highest BCUT2D eigenvalue weighted by Gasteiger charge is 2.57. The molecule has 0 aromatic heterocycles. The van der Waals surface area contributed by atoms with Crippen LogP contribution in [0, 0.1) is 24.7 Å². The van der Waals surface area contributed by atoms with E-state index < -0.39 is 107 Å². The van der Waals surface area contributed by atoms with E-state index in [-0.39, 0.29) is 16.9 Å². The zero-order valence-electron chi connectivity index (χ0n) is 28.0. The van der Waals surface area contributed by atoms with Crippen molar-refractivity contribution in [2.24, 2.45) is 17.8 Å². The summed E-state index contributed by atoms with van der Waals surface area (Å²) < 4.78 is 76.6. The summed E-state index contributed by atoms with van der Waals surface area (Å²) in [5.41, 5.74) is 0.983. The molecule has 0 amide bonds. The minimum Gasteiger partial charge on any atom is -0.472 e. The van der Waals surface area contributed by atoms with E-state index in [1.165, 1.54) is 26.2 Å². The second-order valence-corrected chi connectivity index (χ2v) is 13.6. The first-order valence-corrected chi connectivity index (χ1v) is 16.8. The predicted octanol–water partition coefficient (Wildman–Crippen LogP) is 1.85. The van der Waals surface area contributed by atoms with Crippen molar-refractivity contribution in [3.63, 3.8) is 0 Å². The maximum atomic E-state index is 13.1. The Labute approximate surface area is 283 Å². The normalized spacial score (nSPS) is 30.9. The van der Waals surface area contributed by atoms with Gasteiger partial charge in [0, 0.05) is 45.4 Å². The lowest BCUT2D eigenvalue weighted by molar-refractivity contribution is -0.344. The Balaban J connectivity index is 1.71. The molecule has 270 valence electrons. The molecule has 0 unspecified atom stereocenters. The number of methoxy groups -OCH3 is 1. The number of hydrogen-bond acceptors (Lipinski definition) is 16. The van der Waals surface area contributed by atoms with E-state index in [1.807, 2.05) is 0 Å². The number of benzene rings is 1. The summed E-state index contributed by atoms with van der Waals surface area (Å²) in [6.07, 6.45) is -8.30. The number of carbonyl (C=O) groups excluding carboxylic acids is 5. The SMILES string of the molecule is COC(=O)C1=CO[C@@H](O[C@@H]2O[C@H](COS(=O)(=O)c3ccc(C)cc3)[C@@H](OC(C)=O)[C@H](OC(C)=O)[C@H]2OC(C)=O)[C@@H]2[C@@H](C)[C@@H](OC(C)=O)C[C@H]12. The fraction of sp³-hybridized carbons (Fsp3) is 0.594. The van der Waals surface area contributed by atoms with Gasteiger partial charge in [-0.15, -0.1) is 0 Å². The predicted molar refractivity (Wildman–Crippen MR) is 162 cm³/mol. The number of ether oxygens (including phenoxy) is 8. The number of aryl methyl sites for hydroxylation is 1. The van der Waals surface area contributed by atoms with Crippen LogP contribution < -0.4 is 0 Å². The van der Waals surface area contributed by atoms with Crippen LogP contribution in [0.4, 0.5) is 0 Å². The summed E-state index contributed by atoms with van der Waals surface area (Å²) in [4.78, 5) is 61.3. The average Bonchev–Trinajstić information content (AvgIpc) is 3.33. The summed E-state index contributed by atoms with van der Waals surface area (Å²) in [6, 6.07) is 5.85. The Morgan fingerprint density at radius 1 is 0.816 bits per heavy atom. The van der Waals surface area contributed by atoms with Crippen LogP contribution in [-0.2, 0) is 76.2 Å². The fourth-order valence-electron chi connectivity index (χ4n) is 6.30. The molecule has 2 heterocycles. The highest BCUT2D eigenvalue weighted by Crippen LogP contribution is 2.49.